The molecule has 1 fully saturated rings. The van der Waals surface area contributed by atoms with Crippen LogP contribution in [0, 0.1) is 17.1 Å². The predicted molar refractivity (Wildman–Crippen MR) is 122 cm³/mol. The fourth-order valence-corrected chi connectivity index (χ4v) is 4.43. The normalized spacial score (nSPS) is 18.2. The average Bonchev–Trinajstić information content (AvgIpc) is 3.31. The molecule has 1 aliphatic heterocycles. The van der Waals surface area contributed by atoms with E-state index < -0.39 is 28.9 Å². The van der Waals surface area contributed by atoms with Crippen molar-refractivity contribution in [2.45, 2.75) is 31.0 Å². The number of halogens is 4. The molecule has 0 radical (unpaired) electrons. The molecule has 0 aliphatic carbocycles. The Balaban J connectivity index is 1.72. The summed E-state index contributed by atoms with van der Waals surface area (Å²) in [5.41, 5.74) is -1.47. The molecule has 0 unspecified atom stereocenters. The monoisotopic (exact) mass is 513 g/mol. The van der Waals surface area contributed by atoms with Crippen LogP contribution in [0.1, 0.15) is 47.6 Å². The first-order valence-electron chi connectivity index (χ1n) is 11.2. The van der Waals surface area contributed by atoms with Crippen LogP contribution in [0.2, 0.25) is 0 Å². The van der Waals surface area contributed by atoms with Gasteiger partial charge in [0.1, 0.15) is 22.9 Å². The highest BCUT2D eigenvalue weighted by Gasteiger charge is 2.38. The number of ether oxygens (including phenoxy) is 1. The van der Waals surface area contributed by atoms with Crippen molar-refractivity contribution in [3.8, 4) is 17.3 Å². The average molecular weight is 513 g/mol. The highest BCUT2D eigenvalue weighted by atomic mass is 19.4. The Hall–Kier alpha value is -4.18. The smallest absolute Gasteiger partial charge is 0.373 e. The van der Waals surface area contributed by atoms with E-state index in [-0.39, 0.29) is 40.2 Å². The molecule has 5 rings (SSSR count). The maximum Gasteiger partial charge on any atom is 0.449 e. The van der Waals surface area contributed by atoms with Crippen molar-refractivity contribution >= 4 is 11.0 Å². The second kappa shape index (κ2) is 9.04. The van der Waals surface area contributed by atoms with Crippen LogP contribution in [0.25, 0.3) is 22.3 Å². The minimum atomic E-state index is -4.95. The van der Waals surface area contributed by atoms with E-state index >= 15 is 4.39 Å². The van der Waals surface area contributed by atoms with Gasteiger partial charge in [-0.3, -0.25) is 14.0 Å². The number of nitrogens with zero attached hydrogens (tertiary/aromatic N) is 7. The summed E-state index contributed by atoms with van der Waals surface area (Å²) in [6.07, 6.45) is -0.907. The van der Waals surface area contributed by atoms with Crippen molar-refractivity contribution in [2.75, 3.05) is 6.61 Å². The molecular formula is C24H19F4N7O2. The third kappa shape index (κ3) is 4.44. The molecule has 4 aromatic rings. The minimum Gasteiger partial charge on any atom is -0.373 e. The van der Waals surface area contributed by atoms with Gasteiger partial charge in [-0.05, 0) is 31.0 Å². The Morgan fingerprint density at radius 3 is 2.59 bits per heavy atom. The molecule has 37 heavy (non-hydrogen) atoms. The molecule has 190 valence electrons. The van der Waals surface area contributed by atoms with Crippen molar-refractivity contribution in [2.24, 2.45) is 14.1 Å². The third-order valence-corrected chi connectivity index (χ3v) is 6.30. The molecule has 2 atom stereocenters. The van der Waals surface area contributed by atoms with Crippen molar-refractivity contribution in [3.05, 3.63) is 69.5 Å². The van der Waals surface area contributed by atoms with Gasteiger partial charge in [-0.1, -0.05) is 0 Å². The number of alkyl halides is 3. The molecule has 0 bridgehead atoms. The van der Waals surface area contributed by atoms with Gasteiger partial charge in [-0.15, -0.1) is 0 Å². The zero-order chi connectivity index (χ0) is 26.5. The summed E-state index contributed by atoms with van der Waals surface area (Å²) in [6.45, 7) is 0.343. The highest BCUT2D eigenvalue weighted by Crippen LogP contribution is 2.38. The van der Waals surface area contributed by atoms with Gasteiger partial charge < -0.3 is 4.74 Å². The topological polar surface area (TPSA) is 112 Å². The lowest BCUT2D eigenvalue weighted by Crippen LogP contribution is -2.29. The number of fused-ring (bicyclic) bond motifs is 1. The first kappa shape index (κ1) is 24.5. The summed E-state index contributed by atoms with van der Waals surface area (Å²) in [6, 6.07) is 5.29. The lowest BCUT2D eigenvalue weighted by molar-refractivity contribution is -0.147. The van der Waals surface area contributed by atoms with E-state index in [0.29, 0.717) is 24.0 Å². The number of benzene rings is 1. The fraction of sp³-hybridized carbons (Fsp3) is 0.333. The van der Waals surface area contributed by atoms with Crippen LogP contribution in [0.5, 0.6) is 0 Å². The molecule has 1 aliphatic rings. The Morgan fingerprint density at radius 1 is 1.16 bits per heavy atom. The zero-order valence-corrected chi connectivity index (χ0v) is 19.6. The van der Waals surface area contributed by atoms with Gasteiger partial charge in [0.25, 0.3) is 5.56 Å². The molecule has 4 heterocycles. The van der Waals surface area contributed by atoms with Crippen LogP contribution in [0.3, 0.4) is 0 Å². The summed E-state index contributed by atoms with van der Waals surface area (Å²) >= 11 is 0. The summed E-state index contributed by atoms with van der Waals surface area (Å²) < 4.78 is 63.9. The summed E-state index contributed by atoms with van der Waals surface area (Å²) in [7, 11) is 2.72. The van der Waals surface area contributed by atoms with Gasteiger partial charge in [0.15, 0.2) is 5.52 Å². The number of rotatable bonds is 3. The molecular weight excluding hydrogens is 494 g/mol. The third-order valence-electron chi connectivity index (χ3n) is 6.30. The quantitative estimate of drug-likeness (QED) is 0.383. The van der Waals surface area contributed by atoms with E-state index in [0.717, 1.165) is 18.7 Å². The van der Waals surface area contributed by atoms with E-state index in [1.807, 2.05) is 6.20 Å². The van der Waals surface area contributed by atoms with Gasteiger partial charge >= 0.3 is 6.18 Å². The van der Waals surface area contributed by atoms with Gasteiger partial charge in [-0.2, -0.15) is 23.5 Å². The molecule has 0 saturated carbocycles. The first-order valence-corrected chi connectivity index (χ1v) is 11.2. The Morgan fingerprint density at radius 2 is 1.95 bits per heavy atom. The predicted octanol–water partition coefficient (Wildman–Crippen LogP) is 3.79. The summed E-state index contributed by atoms with van der Waals surface area (Å²) in [5.74, 6) is -2.52. The Bertz CT molecular complexity index is 1620. The van der Waals surface area contributed by atoms with Crippen molar-refractivity contribution in [1.82, 2.24) is 29.3 Å². The van der Waals surface area contributed by atoms with Crippen LogP contribution in [-0.4, -0.2) is 35.9 Å². The molecule has 3 aromatic heterocycles. The number of nitriles is 1. The second-order valence-electron chi connectivity index (χ2n) is 8.76. The van der Waals surface area contributed by atoms with Crippen LogP contribution in [0.15, 0.2) is 35.4 Å². The zero-order valence-electron chi connectivity index (χ0n) is 19.6. The number of hydrogen-bond donors (Lipinski definition) is 0. The van der Waals surface area contributed by atoms with Crippen LogP contribution >= 0.6 is 0 Å². The van der Waals surface area contributed by atoms with Crippen molar-refractivity contribution in [3.63, 3.8) is 0 Å². The molecule has 1 saturated heterocycles. The Kier molecular flexibility index (Phi) is 5.99. The van der Waals surface area contributed by atoms with Gasteiger partial charge in [0.05, 0.1) is 23.9 Å². The number of aromatic nitrogens is 6. The van der Waals surface area contributed by atoms with Crippen molar-refractivity contribution in [1.29, 1.82) is 5.26 Å². The molecule has 0 spiro atoms. The summed E-state index contributed by atoms with van der Waals surface area (Å²) in [5, 5.41) is 13.2. The maximum atomic E-state index is 15.1. The van der Waals surface area contributed by atoms with Gasteiger partial charge in [0, 0.05) is 43.9 Å². The highest BCUT2D eigenvalue weighted by molar-refractivity contribution is 5.88. The number of hydrogen-bond acceptors (Lipinski definition) is 7. The van der Waals surface area contributed by atoms with E-state index in [1.54, 1.807) is 24.0 Å². The molecule has 0 N–H and O–H groups in total. The molecule has 1 aromatic carbocycles. The lowest BCUT2D eigenvalue weighted by atomic mass is 9.92. The molecule has 9 nitrogen and oxygen atoms in total. The van der Waals surface area contributed by atoms with Crippen LogP contribution < -0.4 is 5.56 Å². The Labute approximate surface area is 207 Å². The van der Waals surface area contributed by atoms with Gasteiger partial charge in [0.2, 0.25) is 5.82 Å². The fourth-order valence-electron chi connectivity index (χ4n) is 4.43. The van der Waals surface area contributed by atoms with E-state index in [4.69, 9.17) is 10.00 Å². The van der Waals surface area contributed by atoms with Gasteiger partial charge in [-0.25, -0.2) is 19.3 Å². The van der Waals surface area contributed by atoms with Crippen LogP contribution in [-0.2, 0) is 25.0 Å². The molecule has 0 amide bonds. The standard InChI is InChI=1S/C24H19F4N7O2/c1-34-11-14(10-30-34)17-8-13(5-6-37-17)21-31-18(15-4-3-12(9-29)7-16(15)25)19-20(32-21)22(36)35(2)23(33-19)24(26,27)28/h3-4,7,10-11,13,17H,5-6,8H2,1-2H3/t13-,17+/m0/s1. The van der Waals surface area contributed by atoms with Crippen molar-refractivity contribution < 1.29 is 22.3 Å². The number of aryl methyl sites for hydroxylation is 1. The largest absolute Gasteiger partial charge is 0.449 e. The second-order valence-corrected chi connectivity index (χ2v) is 8.76. The minimum absolute atomic E-state index is 0.0171. The molecule has 13 heteroatoms. The SMILES string of the molecule is Cn1cc([C@H]2C[C@@H](c3nc(-c4ccc(C#N)cc4F)c4nc(C(F)(F)F)n(C)c(=O)c4n3)CCO2)cn1. The van der Waals surface area contributed by atoms with E-state index in [1.165, 1.54) is 12.1 Å². The lowest BCUT2D eigenvalue weighted by Gasteiger charge is -2.28. The van der Waals surface area contributed by atoms with E-state index in [2.05, 4.69) is 20.1 Å². The van der Waals surface area contributed by atoms with E-state index in [9.17, 15) is 18.0 Å². The van der Waals surface area contributed by atoms with Crippen LogP contribution in [0.4, 0.5) is 17.6 Å². The summed E-state index contributed by atoms with van der Waals surface area (Å²) in [4.78, 5) is 25.5. The first-order chi connectivity index (χ1) is 17.6. The maximum absolute atomic E-state index is 15.1.